The Hall–Kier alpha value is -1.91. The summed E-state index contributed by atoms with van der Waals surface area (Å²) in [6.45, 7) is 1.94. The van der Waals surface area contributed by atoms with E-state index in [0.717, 1.165) is 12.0 Å². The molecule has 1 saturated heterocycles. The van der Waals surface area contributed by atoms with Gasteiger partial charge in [-0.3, -0.25) is 9.59 Å². The van der Waals surface area contributed by atoms with E-state index in [1.54, 1.807) is 12.1 Å². The third-order valence-corrected chi connectivity index (χ3v) is 3.68. The first-order valence-corrected chi connectivity index (χ1v) is 6.31. The highest BCUT2D eigenvalue weighted by atomic mass is 19.1. The van der Waals surface area contributed by atoms with Crippen LogP contribution in [0.5, 0.6) is 0 Å². The van der Waals surface area contributed by atoms with Gasteiger partial charge in [0.05, 0.1) is 0 Å². The number of rotatable bonds is 2. The predicted molar refractivity (Wildman–Crippen MR) is 68.7 cm³/mol. The molecule has 2 N–H and O–H groups in total. The summed E-state index contributed by atoms with van der Waals surface area (Å²) in [5.74, 6) is -0.770. The highest BCUT2D eigenvalue weighted by Gasteiger charge is 2.34. The van der Waals surface area contributed by atoms with Crippen molar-refractivity contribution in [3.8, 4) is 0 Å². The van der Waals surface area contributed by atoms with E-state index in [0.29, 0.717) is 13.0 Å². The molecule has 2 rings (SSSR count). The Bertz CT molecular complexity index is 487. The van der Waals surface area contributed by atoms with Crippen LogP contribution >= 0.6 is 0 Å². The molecular weight excluding hydrogens is 247 g/mol. The molecule has 102 valence electrons. The predicted octanol–water partition coefficient (Wildman–Crippen LogP) is 1.41. The summed E-state index contributed by atoms with van der Waals surface area (Å²) < 4.78 is 12.9. The molecule has 0 bridgehead atoms. The second kappa shape index (κ2) is 5.38. The van der Waals surface area contributed by atoms with Gasteiger partial charge in [0.15, 0.2) is 0 Å². The van der Waals surface area contributed by atoms with Gasteiger partial charge in [0.25, 0.3) is 0 Å². The Morgan fingerprint density at radius 2 is 1.95 bits per heavy atom. The molecule has 1 aliphatic heterocycles. The lowest BCUT2D eigenvalue weighted by Gasteiger charge is -2.37. The zero-order chi connectivity index (χ0) is 14.0. The lowest BCUT2D eigenvalue weighted by molar-refractivity contribution is -0.139. The molecule has 2 amide bonds. The minimum atomic E-state index is -0.568. The molecule has 0 aromatic heterocycles. The number of carbonyl (C=O) groups excluding carboxylic acids is 2. The molecule has 1 aliphatic rings. The van der Waals surface area contributed by atoms with Crippen LogP contribution in [-0.2, 0) is 9.59 Å². The SMILES string of the molecule is CC(=O)N1CCC(c2ccc(F)cc2)CC1C(N)=O. The van der Waals surface area contributed by atoms with E-state index in [2.05, 4.69) is 0 Å². The fourth-order valence-corrected chi connectivity index (χ4v) is 2.65. The Labute approximate surface area is 111 Å². The molecule has 5 heteroatoms. The van der Waals surface area contributed by atoms with Gasteiger partial charge in [0.1, 0.15) is 11.9 Å². The molecule has 1 heterocycles. The van der Waals surface area contributed by atoms with Crippen LogP contribution in [0.15, 0.2) is 24.3 Å². The number of benzene rings is 1. The molecule has 2 atom stereocenters. The lowest BCUT2D eigenvalue weighted by atomic mass is 9.85. The van der Waals surface area contributed by atoms with Crippen molar-refractivity contribution in [1.29, 1.82) is 0 Å². The Kier molecular flexibility index (Phi) is 3.83. The molecule has 1 fully saturated rings. The molecule has 2 unspecified atom stereocenters. The van der Waals surface area contributed by atoms with Crippen molar-refractivity contribution in [2.45, 2.75) is 31.7 Å². The number of carbonyl (C=O) groups is 2. The van der Waals surface area contributed by atoms with Gasteiger partial charge in [0, 0.05) is 13.5 Å². The van der Waals surface area contributed by atoms with Gasteiger partial charge in [-0.2, -0.15) is 0 Å². The van der Waals surface area contributed by atoms with Gasteiger partial charge in [-0.05, 0) is 36.5 Å². The van der Waals surface area contributed by atoms with Crippen LogP contribution in [0.4, 0.5) is 4.39 Å². The summed E-state index contributed by atoms with van der Waals surface area (Å²) in [4.78, 5) is 24.5. The lowest BCUT2D eigenvalue weighted by Crippen LogP contribution is -2.51. The molecule has 19 heavy (non-hydrogen) atoms. The molecular formula is C14H17FN2O2. The first kappa shape index (κ1) is 13.5. The van der Waals surface area contributed by atoms with E-state index in [1.807, 2.05) is 0 Å². The van der Waals surface area contributed by atoms with Crippen LogP contribution in [0.1, 0.15) is 31.2 Å². The molecule has 0 aliphatic carbocycles. The minimum absolute atomic E-state index is 0.133. The zero-order valence-electron chi connectivity index (χ0n) is 10.8. The van der Waals surface area contributed by atoms with Gasteiger partial charge in [0.2, 0.25) is 11.8 Å². The zero-order valence-corrected chi connectivity index (χ0v) is 10.8. The maximum Gasteiger partial charge on any atom is 0.240 e. The maximum absolute atomic E-state index is 12.9. The van der Waals surface area contributed by atoms with Crippen molar-refractivity contribution < 1.29 is 14.0 Å². The van der Waals surface area contributed by atoms with Gasteiger partial charge in [-0.1, -0.05) is 12.1 Å². The Morgan fingerprint density at radius 3 is 2.47 bits per heavy atom. The van der Waals surface area contributed by atoms with E-state index in [-0.39, 0.29) is 17.6 Å². The summed E-state index contributed by atoms with van der Waals surface area (Å²) in [6.07, 6.45) is 1.26. The second-order valence-electron chi connectivity index (χ2n) is 4.90. The standard InChI is InChI=1S/C14H17FN2O2/c1-9(18)17-7-6-11(8-13(17)14(16)19)10-2-4-12(15)5-3-10/h2-5,11,13H,6-8H2,1H3,(H2,16,19). The second-order valence-corrected chi connectivity index (χ2v) is 4.90. The number of likely N-dealkylation sites (tertiary alicyclic amines) is 1. The van der Waals surface area contributed by atoms with Crippen LogP contribution in [0, 0.1) is 5.82 Å². The smallest absolute Gasteiger partial charge is 0.240 e. The number of hydrogen-bond acceptors (Lipinski definition) is 2. The van der Waals surface area contributed by atoms with Crippen molar-refractivity contribution in [3.63, 3.8) is 0 Å². The number of amides is 2. The van der Waals surface area contributed by atoms with Crippen LogP contribution < -0.4 is 5.73 Å². The fourth-order valence-electron chi connectivity index (χ4n) is 2.65. The van der Waals surface area contributed by atoms with Crippen LogP contribution in [0.25, 0.3) is 0 Å². The molecule has 0 radical (unpaired) electrons. The van der Waals surface area contributed by atoms with Crippen molar-refractivity contribution in [3.05, 3.63) is 35.6 Å². The van der Waals surface area contributed by atoms with Gasteiger partial charge >= 0.3 is 0 Å². The average Bonchev–Trinajstić information content (AvgIpc) is 2.38. The summed E-state index contributed by atoms with van der Waals surface area (Å²) in [5, 5.41) is 0. The van der Waals surface area contributed by atoms with E-state index in [4.69, 9.17) is 5.73 Å². The number of piperidine rings is 1. The summed E-state index contributed by atoms with van der Waals surface area (Å²) in [7, 11) is 0. The topological polar surface area (TPSA) is 63.4 Å². The van der Waals surface area contributed by atoms with Crippen LogP contribution in [-0.4, -0.2) is 29.3 Å². The third-order valence-electron chi connectivity index (χ3n) is 3.68. The number of hydrogen-bond donors (Lipinski definition) is 1. The first-order valence-electron chi connectivity index (χ1n) is 6.31. The largest absolute Gasteiger partial charge is 0.368 e. The Morgan fingerprint density at radius 1 is 1.32 bits per heavy atom. The third kappa shape index (κ3) is 2.92. The number of primary amides is 1. The molecule has 1 aromatic carbocycles. The van der Waals surface area contributed by atoms with Gasteiger partial charge in [-0.15, -0.1) is 0 Å². The van der Waals surface area contributed by atoms with Crippen molar-refractivity contribution in [2.24, 2.45) is 5.73 Å². The fraction of sp³-hybridized carbons (Fsp3) is 0.429. The van der Waals surface area contributed by atoms with Crippen molar-refractivity contribution >= 4 is 11.8 Å². The number of nitrogens with two attached hydrogens (primary N) is 1. The van der Waals surface area contributed by atoms with Crippen LogP contribution in [0.3, 0.4) is 0 Å². The first-order chi connectivity index (χ1) is 8.99. The van der Waals surface area contributed by atoms with Crippen molar-refractivity contribution in [2.75, 3.05) is 6.54 Å². The number of nitrogens with zero attached hydrogens (tertiary/aromatic N) is 1. The monoisotopic (exact) mass is 264 g/mol. The average molecular weight is 264 g/mol. The minimum Gasteiger partial charge on any atom is -0.368 e. The van der Waals surface area contributed by atoms with Gasteiger partial charge < -0.3 is 10.6 Å². The van der Waals surface area contributed by atoms with Gasteiger partial charge in [-0.25, -0.2) is 4.39 Å². The van der Waals surface area contributed by atoms with E-state index >= 15 is 0 Å². The maximum atomic E-state index is 12.9. The van der Waals surface area contributed by atoms with E-state index in [9.17, 15) is 14.0 Å². The quantitative estimate of drug-likeness (QED) is 0.877. The number of halogens is 1. The molecule has 0 saturated carbocycles. The van der Waals surface area contributed by atoms with E-state index in [1.165, 1.54) is 24.0 Å². The normalized spacial score (nSPS) is 23.2. The van der Waals surface area contributed by atoms with Crippen molar-refractivity contribution in [1.82, 2.24) is 4.90 Å². The van der Waals surface area contributed by atoms with Crippen LogP contribution in [0.2, 0.25) is 0 Å². The highest BCUT2D eigenvalue weighted by Crippen LogP contribution is 2.31. The summed E-state index contributed by atoms with van der Waals surface area (Å²) >= 11 is 0. The molecule has 4 nitrogen and oxygen atoms in total. The molecule has 0 spiro atoms. The Balaban J connectivity index is 2.17. The summed E-state index contributed by atoms with van der Waals surface area (Å²) in [5.41, 5.74) is 6.35. The summed E-state index contributed by atoms with van der Waals surface area (Å²) in [6, 6.07) is 5.70. The van der Waals surface area contributed by atoms with E-state index < -0.39 is 11.9 Å². The molecule has 1 aromatic rings. The highest BCUT2D eigenvalue weighted by molar-refractivity contribution is 5.86.